The van der Waals surface area contributed by atoms with Crippen LogP contribution in [0.25, 0.3) is 11.0 Å². The van der Waals surface area contributed by atoms with Crippen LogP contribution in [-0.2, 0) is 22.7 Å². The van der Waals surface area contributed by atoms with Gasteiger partial charge >= 0.3 is 5.69 Å². The largest absolute Gasteiger partial charge is 0.354 e. The van der Waals surface area contributed by atoms with E-state index in [0.717, 1.165) is 17.5 Å². The Morgan fingerprint density at radius 1 is 1.08 bits per heavy atom. The van der Waals surface area contributed by atoms with Crippen LogP contribution in [0, 0.1) is 0 Å². The number of nitrogens with one attached hydrogen (secondary N) is 1. The average molecular weight is 344 g/mol. The molecule has 0 aliphatic carbocycles. The van der Waals surface area contributed by atoms with Gasteiger partial charge in [0.15, 0.2) is 0 Å². The van der Waals surface area contributed by atoms with Gasteiger partial charge in [-0.2, -0.15) is 0 Å². The van der Waals surface area contributed by atoms with E-state index in [9.17, 15) is 14.4 Å². The second-order valence-corrected chi connectivity index (χ2v) is 6.31. The van der Waals surface area contributed by atoms with Gasteiger partial charge in [0.2, 0.25) is 11.8 Å². The maximum Gasteiger partial charge on any atom is 0.329 e. The topological polar surface area (TPSA) is 76.3 Å². The Morgan fingerprint density at radius 2 is 1.76 bits per heavy atom. The summed E-state index contributed by atoms with van der Waals surface area (Å²) in [6.45, 7) is 4.51. The number of benzene rings is 1. The zero-order valence-corrected chi connectivity index (χ0v) is 14.5. The number of carbonyl (C=O) groups excluding carboxylic acids is 2. The van der Waals surface area contributed by atoms with E-state index in [2.05, 4.69) is 5.32 Å². The smallest absolute Gasteiger partial charge is 0.329 e. The Balaban J connectivity index is 1.77. The fraction of sp³-hybridized carbons (Fsp3) is 0.500. The second kappa shape index (κ2) is 7.55. The number of imidazole rings is 1. The Bertz CT molecular complexity index is 836. The number of para-hydroxylation sites is 2. The predicted molar refractivity (Wildman–Crippen MR) is 95.3 cm³/mol. The summed E-state index contributed by atoms with van der Waals surface area (Å²) < 4.78 is 3.46. The average Bonchev–Trinajstić information content (AvgIpc) is 2.75. The van der Waals surface area contributed by atoms with Gasteiger partial charge in [-0.15, -0.1) is 0 Å². The first kappa shape index (κ1) is 17.3. The van der Waals surface area contributed by atoms with Gasteiger partial charge in [-0.1, -0.05) is 19.1 Å². The molecule has 1 N–H and O–H groups in total. The second-order valence-electron chi connectivity index (χ2n) is 6.31. The number of amides is 2. The number of hydrogen-bond donors (Lipinski definition) is 1. The first-order valence-electron chi connectivity index (χ1n) is 8.84. The number of rotatable bonds is 5. The van der Waals surface area contributed by atoms with Crippen LogP contribution in [-0.4, -0.2) is 45.5 Å². The number of hydrogen-bond acceptors (Lipinski definition) is 3. The summed E-state index contributed by atoms with van der Waals surface area (Å²) in [7, 11) is 0. The first-order chi connectivity index (χ1) is 12.1. The minimum atomic E-state index is -0.0661. The summed E-state index contributed by atoms with van der Waals surface area (Å²) in [5.41, 5.74) is 1.70. The molecular weight excluding hydrogens is 320 g/mol. The van der Waals surface area contributed by atoms with Crippen molar-refractivity contribution in [2.75, 3.05) is 19.6 Å². The van der Waals surface area contributed by atoms with Crippen LogP contribution in [0.4, 0.5) is 0 Å². The molecule has 2 amide bonds. The lowest BCUT2D eigenvalue weighted by Gasteiger charge is -2.19. The minimum Gasteiger partial charge on any atom is -0.354 e. The third kappa shape index (κ3) is 3.60. The summed E-state index contributed by atoms with van der Waals surface area (Å²) in [6, 6.07) is 7.69. The molecule has 1 aromatic heterocycles. The van der Waals surface area contributed by atoms with E-state index in [4.69, 9.17) is 0 Å². The molecule has 25 heavy (non-hydrogen) atoms. The molecule has 0 bridgehead atoms. The molecule has 0 unspecified atom stereocenters. The Morgan fingerprint density at radius 3 is 2.44 bits per heavy atom. The SMILES string of the molecule is CCCn1c(=O)n(CCC(=O)N2CCNC(=O)CC2)c2ccccc21. The van der Waals surface area contributed by atoms with Gasteiger partial charge in [0.1, 0.15) is 0 Å². The van der Waals surface area contributed by atoms with Crippen molar-refractivity contribution in [3.63, 3.8) is 0 Å². The molecule has 0 saturated carbocycles. The quantitative estimate of drug-likeness (QED) is 0.877. The molecule has 7 heteroatoms. The van der Waals surface area contributed by atoms with E-state index in [1.165, 1.54) is 0 Å². The number of aryl methyl sites for hydroxylation is 2. The van der Waals surface area contributed by atoms with Gasteiger partial charge in [0.05, 0.1) is 11.0 Å². The van der Waals surface area contributed by atoms with E-state index in [1.54, 1.807) is 14.0 Å². The lowest BCUT2D eigenvalue weighted by Crippen LogP contribution is -2.35. The van der Waals surface area contributed by atoms with E-state index < -0.39 is 0 Å². The Kier molecular flexibility index (Phi) is 5.21. The van der Waals surface area contributed by atoms with E-state index in [-0.39, 0.29) is 23.9 Å². The number of aromatic nitrogens is 2. The number of fused-ring (bicyclic) bond motifs is 1. The minimum absolute atomic E-state index is 0.0178. The van der Waals surface area contributed by atoms with Crippen molar-refractivity contribution < 1.29 is 9.59 Å². The fourth-order valence-electron chi connectivity index (χ4n) is 3.31. The van der Waals surface area contributed by atoms with Gasteiger partial charge in [-0.05, 0) is 18.6 Å². The van der Waals surface area contributed by atoms with Crippen LogP contribution >= 0.6 is 0 Å². The molecule has 2 heterocycles. The summed E-state index contributed by atoms with van der Waals surface area (Å²) in [6.07, 6.45) is 1.47. The molecule has 0 radical (unpaired) electrons. The fourth-order valence-corrected chi connectivity index (χ4v) is 3.31. The Hall–Kier alpha value is -2.57. The Labute approximate surface area is 146 Å². The van der Waals surface area contributed by atoms with Gasteiger partial charge in [-0.25, -0.2) is 4.79 Å². The normalized spacial score (nSPS) is 15.2. The zero-order valence-electron chi connectivity index (χ0n) is 14.5. The number of nitrogens with zero attached hydrogens (tertiary/aromatic N) is 3. The maximum absolute atomic E-state index is 12.7. The van der Waals surface area contributed by atoms with Gasteiger partial charge in [0, 0.05) is 45.6 Å². The molecule has 1 saturated heterocycles. The highest BCUT2D eigenvalue weighted by molar-refractivity contribution is 5.80. The molecule has 1 aromatic carbocycles. The van der Waals surface area contributed by atoms with Crippen LogP contribution in [0.2, 0.25) is 0 Å². The first-order valence-corrected chi connectivity index (χ1v) is 8.84. The predicted octanol–water partition coefficient (Wildman–Crippen LogP) is 0.952. The monoisotopic (exact) mass is 344 g/mol. The third-order valence-corrected chi connectivity index (χ3v) is 4.59. The highest BCUT2D eigenvalue weighted by Gasteiger charge is 2.19. The summed E-state index contributed by atoms with van der Waals surface area (Å²) in [5, 5.41) is 2.76. The van der Waals surface area contributed by atoms with Crippen molar-refractivity contribution in [1.82, 2.24) is 19.4 Å². The van der Waals surface area contributed by atoms with Gasteiger partial charge < -0.3 is 10.2 Å². The molecule has 0 spiro atoms. The van der Waals surface area contributed by atoms with Crippen LogP contribution in [0.3, 0.4) is 0 Å². The van der Waals surface area contributed by atoms with Crippen molar-refractivity contribution in [2.24, 2.45) is 0 Å². The van der Waals surface area contributed by atoms with E-state index in [0.29, 0.717) is 39.1 Å². The van der Waals surface area contributed by atoms with Crippen LogP contribution < -0.4 is 11.0 Å². The van der Waals surface area contributed by atoms with Crippen LogP contribution in [0.15, 0.2) is 29.1 Å². The molecular formula is C18H24N4O3. The molecule has 1 aliphatic heterocycles. The van der Waals surface area contributed by atoms with Gasteiger partial charge in [-0.3, -0.25) is 18.7 Å². The highest BCUT2D eigenvalue weighted by atomic mass is 16.2. The van der Waals surface area contributed by atoms with Crippen molar-refractivity contribution in [3.8, 4) is 0 Å². The lowest BCUT2D eigenvalue weighted by atomic mass is 10.3. The molecule has 1 aliphatic rings. The van der Waals surface area contributed by atoms with E-state index >= 15 is 0 Å². The molecule has 3 rings (SSSR count). The third-order valence-electron chi connectivity index (χ3n) is 4.59. The number of carbonyl (C=O) groups is 2. The molecule has 0 atom stereocenters. The van der Waals surface area contributed by atoms with Crippen LogP contribution in [0.5, 0.6) is 0 Å². The maximum atomic E-state index is 12.7. The molecule has 1 fully saturated rings. The molecule has 134 valence electrons. The summed E-state index contributed by atoms with van der Waals surface area (Å²) in [5.74, 6) is -0.0371. The van der Waals surface area contributed by atoms with Crippen molar-refractivity contribution in [3.05, 3.63) is 34.7 Å². The lowest BCUT2D eigenvalue weighted by molar-refractivity contribution is -0.131. The van der Waals surface area contributed by atoms with E-state index in [1.807, 2.05) is 31.2 Å². The molecule has 7 nitrogen and oxygen atoms in total. The van der Waals surface area contributed by atoms with Crippen molar-refractivity contribution >= 4 is 22.8 Å². The zero-order chi connectivity index (χ0) is 17.8. The van der Waals surface area contributed by atoms with Crippen molar-refractivity contribution in [2.45, 2.75) is 39.3 Å². The van der Waals surface area contributed by atoms with Gasteiger partial charge in [0.25, 0.3) is 0 Å². The summed E-state index contributed by atoms with van der Waals surface area (Å²) in [4.78, 5) is 38.3. The summed E-state index contributed by atoms with van der Waals surface area (Å²) >= 11 is 0. The van der Waals surface area contributed by atoms with Crippen molar-refractivity contribution in [1.29, 1.82) is 0 Å². The highest BCUT2D eigenvalue weighted by Crippen LogP contribution is 2.14. The standard InChI is InChI=1S/C18H24N4O3/c1-2-10-21-14-5-3-4-6-15(14)22(18(21)25)12-8-17(24)20-11-7-16(23)19-9-13-20/h3-6H,2,7-13H2,1H3,(H,19,23). The van der Waals surface area contributed by atoms with Crippen LogP contribution in [0.1, 0.15) is 26.2 Å². The molecule has 2 aromatic rings.